The van der Waals surface area contributed by atoms with Crippen LogP contribution in [0.3, 0.4) is 0 Å². The van der Waals surface area contributed by atoms with E-state index in [0.717, 1.165) is 55.6 Å². The number of hydrogen-bond donors (Lipinski definition) is 0. The first-order valence-electron chi connectivity index (χ1n) is 20.5. The minimum atomic E-state index is -0.0442. The molecule has 290 valence electrons. The molecule has 7 aromatic carbocycles. The molecule has 10 aromatic rings. The van der Waals surface area contributed by atoms with Crippen molar-refractivity contribution >= 4 is 66.1 Å². The van der Waals surface area contributed by atoms with Crippen LogP contribution >= 0.6 is 11.3 Å². The summed E-state index contributed by atoms with van der Waals surface area (Å²) in [7, 11) is 0. The van der Waals surface area contributed by atoms with Crippen LogP contribution in [0.15, 0.2) is 187 Å². The minimum Gasteiger partial charge on any atom is -0.457 e. The van der Waals surface area contributed by atoms with Crippen LogP contribution in [0.2, 0.25) is 0 Å². The third kappa shape index (κ3) is 6.11. The van der Waals surface area contributed by atoms with Crippen LogP contribution < -0.4 is 14.5 Å². The molecule has 0 saturated heterocycles. The van der Waals surface area contributed by atoms with Gasteiger partial charge >= 0.3 is 0 Å². The van der Waals surface area contributed by atoms with Gasteiger partial charge < -0.3 is 14.5 Å². The zero-order chi connectivity index (χ0) is 40.4. The molecule has 5 nitrogen and oxygen atoms in total. The van der Waals surface area contributed by atoms with Gasteiger partial charge in [-0.15, -0.1) is 11.3 Å². The van der Waals surface area contributed by atoms with Gasteiger partial charge in [0.1, 0.15) is 28.8 Å². The quantitative estimate of drug-likeness (QED) is 0.161. The molecule has 60 heavy (non-hydrogen) atoms. The summed E-state index contributed by atoms with van der Waals surface area (Å²) in [5.74, 6) is 2.46. The fourth-order valence-corrected chi connectivity index (χ4v) is 9.73. The Morgan fingerprint density at radius 1 is 0.533 bits per heavy atom. The van der Waals surface area contributed by atoms with E-state index in [1.165, 1.54) is 44.3 Å². The summed E-state index contributed by atoms with van der Waals surface area (Å²) < 4.78 is 9.09. The van der Waals surface area contributed by atoms with Gasteiger partial charge in [-0.1, -0.05) is 136 Å². The standard InChI is InChI=1S/C54H42N4OS/c1-54(2,3)46-34-51(55-53-45(46)30-31-60-53)58-47-25-11-10-22-43(47)44-29-28-40(33-50(44)58)59-39-21-14-20-38(32-39)56-35-57(49-27-13-12-26-48(49)56)52-41(36-16-6-4-7-17-36)23-15-24-42(52)37-18-8-5-9-19-37/h4-34H,35H2,1-3H3. The minimum absolute atomic E-state index is 0.0442. The summed E-state index contributed by atoms with van der Waals surface area (Å²) in [6.07, 6.45) is 0. The highest BCUT2D eigenvalue weighted by atomic mass is 32.1. The van der Waals surface area contributed by atoms with Gasteiger partial charge in [0.05, 0.1) is 28.1 Å². The lowest BCUT2D eigenvalue weighted by Crippen LogP contribution is -2.24. The molecule has 0 fully saturated rings. The number of para-hydroxylation sites is 4. The van der Waals surface area contributed by atoms with Crippen LogP contribution in [0.5, 0.6) is 11.5 Å². The largest absolute Gasteiger partial charge is 0.457 e. The number of hydrogen-bond acceptors (Lipinski definition) is 5. The number of ether oxygens (including phenoxy) is 1. The molecule has 1 aliphatic rings. The summed E-state index contributed by atoms with van der Waals surface area (Å²) >= 11 is 1.69. The molecule has 4 heterocycles. The van der Waals surface area contributed by atoms with Crippen molar-refractivity contribution in [3.05, 3.63) is 193 Å². The van der Waals surface area contributed by atoms with Crippen molar-refractivity contribution in [3.63, 3.8) is 0 Å². The normalized spacial score (nSPS) is 12.8. The van der Waals surface area contributed by atoms with E-state index in [0.29, 0.717) is 6.67 Å². The van der Waals surface area contributed by atoms with Crippen molar-refractivity contribution in [2.45, 2.75) is 26.2 Å². The topological polar surface area (TPSA) is 33.5 Å². The Labute approximate surface area is 354 Å². The second-order valence-corrected chi connectivity index (χ2v) is 17.4. The lowest BCUT2D eigenvalue weighted by Gasteiger charge is -2.27. The molecular weight excluding hydrogens is 753 g/mol. The van der Waals surface area contributed by atoms with Crippen molar-refractivity contribution in [1.82, 2.24) is 9.55 Å². The van der Waals surface area contributed by atoms with Crippen LogP contribution in [0.25, 0.3) is 60.1 Å². The van der Waals surface area contributed by atoms with E-state index in [-0.39, 0.29) is 5.41 Å². The summed E-state index contributed by atoms with van der Waals surface area (Å²) in [6, 6.07) is 64.8. The summed E-state index contributed by atoms with van der Waals surface area (Å²) in [5.41, 5.74) is 12.7. The molecule has 0 N–H and O–H groups in total. The van der Waals surface area contributed by atoms with Crippen molar-refractivity contribution in [2.24, 2.45) is 0 Å². The molecule has 11 rings (SSSR count). The van der Waals surface area contributed by atoms with Gasteiger partial charge in [-0.05, 0) is 82.1 Å². The fourth-order valence-electron chi connectivity index (χ4n) is 8.94. The van der Waals surface area contributed by atoms with Gasteiger partial charge in [-0.2, -0.15) is 0 Å². The zero-order valence-electron chi connectivity index (χ0n) is 33.7. The predicted molar refractivity (Wildman–Crippen MR) is 252 cm³/mol. The Balaban J connectivity index is 0.984. The highest BCUT2D eigenvalue weighted by Crippen LogP contribution is 2.50. The van der Waals surface area contributed by atoms with E-state index >= 15 is 0 Å². The van der Waals surface area contributed by atoms with E-state index in [1.807, 2.05) is 6.07 Å². The van der Waals surface area contributed by atoms with Gasteiger partial charge in [0.15, 0.2) is 0 Å². The van der Waals surface area contributed by atoms with Crippen LogP contribution in [0.4, 0.5) is 22.7 Å². The summed E-state index contributed by atoms with van der Waals surface area (Å²) in [6.45, 7) is 7.47. The van der Waals surface area contributed by atoms with Crippen LogP contribution in [0, 0.1) is 0 Å². The summed E-state index contributed by atoms with van der Waals surface area (Å²) in [5, 5.41) is 5.72. The number of pyridine rings is 1. The number of rotatable bonds is 7. The molecule has 1 aliphatic heterocycles. The van der Waals surface area contributed by atoms with Crippen LogP contribution in [0.1, 0.15) is 26.3 Å². The Kier molecular flexibility index (Phi) is 8.57. The molecule has 0 unspecified atom stereocenters. The smallest absolute Gasteiger partial charge is 0.139 e. The second-order valence-electron chi connectivity index (χ2n) is 16.5. The van der Waals surface area contributed by atoms with Gasteiger partial charge in [-0.25, -0.2) is 4.98 Å². The molecule has 0 radical (unpaired) electrons. The second kappa shape index (κ2) is 14.3. The maximum absolute atomic E-state index is 6.79. The van der Waals surface area contributed by atoms with Crippen molar-refractivity contribution < 1.29 is 4.74 Å². The molecule has 0 atom stereocenters. The third-order valence-corrected chi connectivity index (χ3v) is 12.5. The first-order chi connectivity index (χ1) is 29.4. The fraction of sp³-hybridized carbons (Fsp3) is 0.0926. The maximum Gasteiger partial charge on any atom is 0.139 e. The number of thiophene rings is 1. The summed E-state index contributed by atoms with van der Waals surface area (Å²) in [4.78, 5) is 11.1. The van der Waals surface area contributed by atoms with Gasteiger partial charge in [0, 0.05) is 45.1 Å². The highest BCUT2D eigenvalue weighted by Gasteiger charge is 2.31. The number of fused-ring (bicyclic) bond motifs is 5. The maximum atomic E-state index is 6.79. The Morgan fingerprint density at radius 2 is 1.17 bits per heavy atom. The van der Waals surface area contributed by atoms with Gasteiger partial charge in [-0.3, -0.25) is 4.57 Å². The monoisotopic (exact) mass is 794 g/mol. The molecular formula is C54H42N4OS. The molecule has 0 bridgehead atoms. The molecule has 0 aliphatic carbocycles. The first kappa shape index (κ1) is 36.0. The number of aromatic nitrogens is 2. The van der Waals surface area contributed by atoms with E-state index in [9.17, 15) is 0 Å². The first-order valence-corrected chi connectivity index (χ1v) is 21.4. The molecule has 0 saturated carbocycles. The Bertz CT molecular complexity index is 3160. The third-order valence-electron chi connectivity index (χ3n) is 11.7. The van der Waals surface area contributed by atoms with Crippen molar-refractivity contribution in [2.75, 3.05) is 16.5 Å². The van der Waals surface area contributed by atoms with Crippen molar-refractivity contribution in [3.8, 4) is 39.6 Å². The van der Waals surface area contributed by atoms with Gasteiger partial charge in [0.2, 0.25) is 0 Å². The Morgan fingerprint density at radius 3 is 1.90 bits per heavy atom. The van der Waals surface area contributed by atoms with Crippen molar-refractivity contribution in [1.29, 1.82) is 0 Å². The zero-order valence-corrected chi connectivity index (χ0v) is 34.5. The van der Waals surface area contributed by atoms with Crippen LogP contribution in [-0.4, -0.2) is 16.2 Å². The van der Waals surface area contributed by atoms with E-state index < -0.39 is 0 Å². The molecule has 0 amide bonds. The average Bonchev–Trinajstić information content (AvgIpc) is 4.00. The van der Waals surface area contributed by atoms with E-state index in [1.54, 1.807) is 11.3 Å². The van der Waals surface area contributed by atoms with Gasteiger partial charge in [0.25, 0.3) is 0 Å². The van der Waals surface area contributed by atoms with E-state index in [4.69, 9.17) is 9.72 Å². The highest BCUT2D eigenvalue weighted by molar-refractivity contribution is 7.16. The lowest BCUT2D eigenvalue weighted by molar-refractivity contribution is 0.483. The average molecular weight is 795 g/mol. The number of nitrogens with zero attached hydrogens (tertiary/aromatic N) is 4. The molecule has 6 heteroatoms. The number of benzene rings is 7. The molecule has 0 spiro atoms. The number of anilines is 4. The van der Waals surface area contributed by atoms with E-state index in [2.05, 4.69) is 216 Å². The van der Waals surface area contributed by atoms with Crippen LogP contribution in [-0.2, 0) is 5.41 Å². The SMILES string of the molecule is CC(C)(C)c1cc(-n2c3ccccc3c3ccc(Oc4cccc(N5CN(c6c(-c7ccccc7)cccc6-c6ccccc6)c6ccccc65)c4)cc32)nc2sccc12. The Hall–Kier alpha value is -7.15. The molecule has 3 aromatic heterocycles. The predicted octanol–water partition coefficient (Wildman–Crippen LogP) is 15.1. The lowest BCUT2D eigenvalue weighted by atomic mass is 9.86.